The predicted octanol–water partition coefficient (Wildman–Crippen LogP) is 3.50. The van der Waals surface area contributed by atoms with Crippen LogP contribution in [0.2, 0.25) is 0 Å². The maximum Gasteiger partial charge on any atom is 0.140 e. The summed E-state index contributed by atoms with van der Waals surface area (Å²) in [5.41, 5.74) is 9.30. The fourth-order valence-corrected chi connectivity index (χ4v) is 2.41. The van der Waals surface area contributed by atoms with Gasteiger partial charge in [-0.1, -0.05) is 36.4 Å². The highest BCUT2D eigenvalue weighted by Gasteiger charge is 2.08. The molecular weight excluding hydrogens is 277 g/mol. The van der Waals surface area contributed by atoms with E-state index in [4.69, 9.17) is 5.73 Å². The number of aryl methyl sites for hydroxylation is 1. The molecular formula is C18H18FN3. The van der Waals surface area contributed by atoms with Crippen LogP contribution in [0.1, 0.15) is 16.7 Å². The van der Waals surface area contributed by atoms with Gasteiger partial charge < -0.3 is 10.3 Å². The normalized spacial score (nSPS) is 10.9. The molecule has 1 aromatic heterocycles. The Balaban J connectivity index is 1.89. The molecule has 0 radical (unpaired) electrons. The first-order chi connectivity index (χ1) is 10.7. The van der Waals surface area contributed by atoms with Crippen molar-refractivity contribution in [2.45, 2.75) is 20.0 Å². The van der Waals surface area contributed by atoms with Gasteiger partial charge in [-0.3, -0.25) is 0 Å². The lowest BCUT2D eigenvalue weighted by atomic mass is 10.1. The summed E-state index contributed by atoms with van der Waals surface area (Å²) in [6, 6.07) is 13.4. The Kier molecular flexibility index (Phi) is 4.02. The Morgan fingerprint density at radius 3 is 2.50 bits per heavy atom. The van der Waals surface area contributed by atoms with Crippen molar-refractivity contribution in [3.05, 3.63) is 77.4 Å². The Labute approximate surface area is 129 Å². The second-order valence-corrected chi connectivity index (χ2v) is 5.36. The molecule has 2 N–H and O–H groups in total. The van der Waals surface area contributed by atoms with Crippen molar-refractivity contribution in [1.29, 1.82) is 0 Å². The lowest BCUT2D eigenvalue weighted by molar-refractivity contribution is 0.618. The van der Waals surface area contributed by atoms with Crippen LogP contribution in [-0.2, 0) is 13.1 Å². The molecule has 22 heavy (non-hydrogen) atoms. The van der Waals surface area contributed by atoms with Crippen molar-refractivity contribution < 1.29 is 4.39 Å². The smallest absolute Gasteiger partial charge is 0.140 e. The second kappa shape index (κ2) is 6.12. The molecule has 0 amide bonds. The van der Waals surface area contributed by atoms with E-state index < -0.39 is 0 Å². The largest absolute Gasteiger partial charge is 0.327 e. The van der Waals surface area contributed by atoms with Gasteiger partial charge in [0.05, 0.1) is 0 Å². The van der Waals surface area contributed by atoms with E-state index in [0.717, 1.165) is 22.5 Å². The van der Waals surface area contributed by atoms with Crippen LogP contribution in [0, 0.1) is 12.7 Å². The van der Waals surface area contributed by atoms with Crippen molar-refractivity contribution in [1.82, 2.24) is 9.55 Å². The first-order valence-corrected chi connectivity index (χ1v) is 7.23. The Bertz CT molecular complexity index is 775. The number of hydrogen-bond acceptors (Lipinski definition) is 2. The van der Waals surface area contributed by atoms with E-state index in [0.29, 0.717) is 18.7 Å². The van der Waals surface area contributed by atoms with Crippen molar-refractivity contribution in [2.75, 3.05) is 0 Å². The fourth-order valence-electron chi connectivity index (χ4n) is 2.41. The Hall–Kier alpha value is -2.46. The number of rotatable bonds is 4. The van der Waals surface area contributed by atoms with E-state index in [1.54, 1.807) is 19.2 Å². The van der Waals surface area contributed by atoms with Gasteiger partial charge >= 0.3 is 0 Å². The summed E-state index contributed by atoms with van der Waals surface area (Å²) >= 11 is 0. The number of benzene rings is 2. The molecule has 0 atom stereocenters. The molecule has 0 aliphatic carbocycles. The zero-order chi connectivity index (χ0) is 15.5. The third-order valence-electron chi connectivity index (χ3n) is 3.76. The molecule has 0 aliphatic heterocycles. The van der Waals surface area contributed by atoms with E-state index in [1.807, 2.05) is 29.0 Å². The van der Waals surface area contributed by atoms with E-state index >= 15 is 0 Å². The van der Waals surface area contributed by atoms with Gasteiger partial charge in [0, 0.05) is 31.0 Å². The quantitative estimate of drug-likeness (QED) is 0.800. The van der Waals surface area contributed by atoms with Gasteiger partial charge in [0.2, 0.25) is 0 Å². The van der Waals surface area contributed by atoms with Crippen LogP contribution in [0.5, 0.6) is 0 Å². The minimum atomic E-state index is -0.209. The van der Waals surface area contributed by atoms with Crippen molar-refractivity contribution in [3.8, 4) is 11.4 Å². The average Bonchev–Trinajstić information content (AvgIpc) is 2.99. The SMILES string of the molecule is Cc1ccc(-c2nccn2Cc2ccc(CN)cc2)cc1F. The van der Waals surface area contributed by atoms with Crippen molar-refractivity contribution in [2.24, 2.45) is 5.73 Å². The lowest BCUT2D eigenvalue weighted by Gasteiger charge is -2.09. The van der Waals surface area contributed by atoms with E-state index in [9.17, 15) is 4.39 Å². The molecule has 0 spiro atoms. The standard InChI is InChI=1S/C18H18FN3/c1-13-2-7-16(10-17(13)19)18-21-8-9-22(18)12-15-5-3-14(11-20)4-6-15/h2-10H,11-12,20H2,1H3. The van der Waals surface area contributed by atoms with Crippen LogP contribution < -0.4 is 5.73 Å². The molecule has 0 aliphatic rings. The van der Waals surface area contributed by atoms with Crippen LogP contribution in [0.15, 0.2) is 54.9 Å². The number of halogens is 1. The lowest BCUT2D eigenvalue weighted by Crippen LogP contribution is -2.02. The van der Waals surface area contributed by atoms with Gasteiger partial charge in [-0.25, -0.2) is 9.37 Å². The monoisotopic (exact) mass is 295 g/mol. The highest BCUT2D eigenvalue weighted by atomic mass is 19.1. The van der Waals surface area contributed by atoms with Crippen molar-refractivity contribution >= 4 is 0 Å². The van der Waals surface area contributed by atoms with E-state index in [1.165, 1.54) is 6.07 Å². The van der Waals surface area contributed by atoms with Crippen LogP contribution >= 0.6 is 0 Å². The molecule has 1 heterocycles. The summed E-state index contributed by atoms with van der Waals surface area (Å²) in [4.78, 5) is 4.36. The minimum absolute atomic E-state index is 0.209. The molecule has 3 nitrogen and oxygen atoms in total. The third-order valence-corrected chi connectivity index (χ3v) is 3.76. The van der Waals surface area contributed by atoms with E-state index in [-0.39, 0.29) is 5.82 Å². The van der Waals surface area contributed by atoms with Gasteiger partial charge in [-0.2, -0.15) is 0 Å². The summed E-state index contributed by atoms with van der Waals surface area (Å²) in [7, 11) is 0. The molecule has 4 heteroatoms. The number of imidazole rings is 1. The summed E-state index contributed by atoms with van der Waals surface area (Å²) in [6.45, 7) is 2.99. The molecule has 0 bridgehead atoms. The number of nitrogens with two attached hydrogens (primary N) is 1. The van der Waals surface area contributed by atoms with Gasteiger partial charge in [-0.15, -0.1) is 0 Å². The van der Waals surface area contributed by atoms with E-state index in [2.05, 4.69) is 17.1 Å². The van der Waals surface area contributed by atoms with Gasteiger partial charge in [0.25, 0.3) is 0 Å². The van der Waals surface area contributed by atoms with Gasteiger partial charge in [0.15, 0.2) is 0 Å². The van der Waals surface area contributed by atoms with Gasteiger partial charge in [0.1, 0.15) is 11.6 Å². The maximum atomic E-state index is 13.8. The summed E-state index contributed by atoms with van der Waals surface area (Å²) in [5.74, 6) is 0.557. The topological polar surface area (TPSA) is 43.8 Å². The number of aromatic nitrogens is 2. The van der Waals surface area contributed by atoms with Gasteiger partial charge in [-0.05, 0) is 29.7 Å². The molecule has 3 aromatic rings. The Morgan fingerprint density at radius 2 is 1.82 bits per heavy atom. The summed E-state index contributed by atoms with van der Waals surface area (Å²) in [6.07, 6.45) is 3.64. The molecule has 2 aromatic carbocycles. The van der Waals surface area contributed by atoms with Crippen LogP contribution in [0.3, 0.4) is 0 Å². The second-order valence-electron chi connectivity index (χ2n) is 5.36. The molecule has 0 saturated carbocycles. The summed E-state index contributed by atoms with van der Waals surface area (Å²) in [5, 5.41) is 0. The minimum Gasteiger partial charge on any atom is -0.327 e. The molecule has 0 fully saturated rings. The first-order valence-electron chi connectivity index (χ1n) is 7.23. The van der Waals surface area contributed by atoms with Crippen LogP contribution in [0.25, 0.3) is 11.4 Å². The maximum absolute atomic E-state index is 13.8. The van der Waals surface area contributed by atoms with Crippen LogP contribution in [-0.4, -0.2) is 9.55 Å². The fraction of sp³-hybridized carbons (Fsp3) is 0.167. The van der Waals surface area contributed by atoms with Crippen molar-refractivity contribution in [3.63, 3.8) is 0 Å². The zero-order valence-corrected chi connectivity index (χ0v) is 12.5. The highest BCUT2D eigenvalue weighted by molar-refractivity contribution is 5.56. The number of hydrogen-bond donors (Lipinski definition) is 1. The number of nitrogens with zero attached hydrogens (tertiary/aromatic N) is 2. The zero-order valence-electron chi connectivity index (χ0n) is 12.5. The predicted molar refractivity (Wildman–Crippen MR) is 85.8 cm³/mol. The first kappa shape index (κ1) is 14.5. The van der Waals surface area contributed by atoms with Crippen LogP contribution in [0.4, 0.5) is 4.39 Å². The molecule has 0 saturated heterocycles. The molecule has 112 valence electrons. The Morgan fingerprint density at radius 1 is 1.09 bits per heavy atom. The highest BCUT2D eigenvalue weighted by Crippen LogP contribution is 2.21. The molecule has 3 rings (SSSR count). The summed E-state index contributed by atoms with van der Waals surface area (Å²) < 4.78 is 15.8. The average molecular weight is 295 g/mol. The third kappa shape index (κ3) is 2.92. The molecule has 0 unspecified atom stereocenters.